The summed E-state index contributed by atoms with van der Waals surface area (Å²) in [4.78, 5) is 7.29. The van der Waals surface area contributed by atoms with Crippen molar-refractivity contribution in [2.24, 2.45) is 10.9 Å². The van der Waals surface area contributed by atoms with Crippen LogP contribution in [0.15, 0.2) is 23.2 Å². The number of aliphatic imine (C=N–C) groups is 1. The number of ether oxygens (including phenoxy) is 1. The second-order valence-electron chi connectivity index (χ2n) is 9.49. The molecular formula is C24H33N3O2. The quantitative estimate of drug-likeness (QED) is 0.846. The standard InChI is InChI=1S/C24H33N3O2/c1-15(2)27-22-7-4-16(10-17-11-18-5-6-19(12-17)26(18)3)13-20(22)23(24(27)28)21-14-29-9-8-25-21/h4,7,13,15,17-19,28H,5-6,8-12,14H2,1-3H3/t17?,18-,19?/m1/s1. The van der Waals surface area contributed by atoms with Crippen molar-refractivity contribution < 1.29 is 9.84 Å². The number of benzene rings is 1. The van der Waals surface area contributed by atoms with E-state index in [1.54, 1.807) is 0 Å². The zero-order valence-electron chi connectivity index (χ0n) is 17.9. The Bertz CT molecular complexity index is 931. The predicted octanol–water partition coefficient (Wildman–Crippen LogP) is 4.16. The Balaban J connectivity index is 1.51. The smallest absolute Gasteiger partial charge is 0.201 e. The van der Waals surface area contributed by atoms with Crippen LogP contribution >= 0.6 is 0 Å². The molecule has 1 aromatic heterocycles. The SMILES string of the molecule is CC(C)n1c(O)c(C2=NCCOC2)c2cc(CC3CC4CC[C@H](C3)N4C)ccc21. The average molecular weight is 396 g/mol. The molecule has 0 aliphatic carbocycles. The second kappa shape index (κ2) is 7.44. The molecule has 2 saturated heterocycles. The highest BCUT2D eigenvalue weighted by Gasteiger charge is 2.38. The lowest BCUT2D eigenvalue weighted by Crippen LogP contribution is -2.40. The van der Waals surface area contributed by atoms with Crippen LogP contribution in [-0.2, 0) is 11.2 Å². The predicted molar refractivity (Wildman–Crippen MR) is 117 cm³/mol. The van der Waals surface area contributed by atoms with Gasteiger partial charge in [-0.3, -0.25) is 4.99 Å². The van der Waals surface area contributed by atoms with Crippen molar-refractivity contribution in [2.45, 2.75) is 64.1 Å². The van der Waals surface area contributed by atoms with Gasteiger partial charge in [-0.25, -0.2) is 0 Å². The summed E-state index contributed by atoms with van der Waals surface area (Å²) < 4.78 is 7.68. The molecule has 5 nitrogen and oxygen atoms in total. The van der Waals surface area contributed by atoms with Crippen molar-refractivity contribution in [3.05, 3.63) is 29.3 Å². The van der Waals surface area contributed by atoms with Crippen LogP contribution < -0.4 is 0 Å². The maximum Gasteiger partial charge on any atom is 0.201 e. The van der Waals surface area contributed by atoms with Crippen molar-refractivity contribution in [1.29, 1.82) is 0 Å². The molecule has 29 heavy (non-hydrogen) atoms. The maximum atomic E-state index is 11.1. The van der Waals surface area contributed by atoms with Crippen LogP contribution in [0.4, 0.5) is 0 Å². The molecule has 2 unspecified atom stereocenters. The number of piperidine rings is 1. The van der Waals surface area contributed by atoms with Gasteiger partial charge in [-0.05, 0) is 76.6 Å². The summed E-state index contributed by atoms with van der Waals surface area (Å²) in [6.45, 7) is 6.04. The minimum atomic E-state index is 0.187. The van der Waals surface area contributed by atoms with Crippen LogP contribution in [0.25, 0.3) is 10.9 Å². The molecule has 5 rings (SSSR count). The van der Waals surface area contributed by atoms with E-state index in [4.69, 9.17) is 4.74 Å². The first-order valence-electron chi connectivity index (χ1n) is 11.2. The fourth-order valence-electron chi connectivity index (χ4n) is 5.92. The van der Waals surface area contributed by atoms with E-state index in [1.165, 1.54) is 31.2 Å². The molecule has 1 N–H and O–H groups in total. The first-order chi connectivity index (χ1) is 14.0. The topological polar surface area (TPSA) is 50.0 Å². The van der Waals surface area contributed by atoms with E-state index in [-0.39, 0.29) is 6.04 Å². The van der Waals surface area contributed by atoms with E-state index in [0.29, 0.717) is 25.6 Å². The zero-order chi connectivity index (χ0) is 20.1. The van der Waals surface area contributed by atoms with E-state index in [1.807, 2.05) is 4.57 Å². The van der Waals surface area contributed by atoms with Gasteiger partial charge in [0.1, 0.15) is 0 Å². The summed E-state index contributed by atoms with van der Waals surface area (Å²) in [5, 5.41) is 12.2. The van der Waals surface area contributed by atoms with Crippen LogP contribution in [0.3, 0.4) is 0 Å². The molecule has 0 radical (unpaired) electrons. The number of fused-ring (bicyclic) bond motifs is 3. The van der Waals surface area contributed by atoms with Crippen LogP contribution in [-0.4, -0.2) is 59.2 Å². The van der Waals surface area contributed by atoms with Crippen LogP contribution in [0.5, 0.6) is 5.88 Å². The van der Waals surface area contributed by atoms with Crippen LogP contribution in [0, 0.1) is 5.92 Å². The number of hydrogen-bond donors (Lipinski definition) is 1. The molecule has 0 spiro atoms. The molecule has 0 amide bonds. The molecule has 3 atom stereocenters. The largest absolute Gasteiger partial charge is 0.494 e. The number of hydrogen-bond acceptors (Lipinski definition) is 4. The van der Waals surface area contributed by atoms with Crippen LogP contribution in [0.1, 0.15) is 56.7 Å². The van der Waals surface area contributed by atoms with Gasteiger partial charge in [0.25, 0.3) is 0 Å². The third kappa shape index (κ3) is 3.28. The van der Waals surface area contributed by atoms with Gasteiger partial charge in [0.15, 0.2) is 0 Å². The molecule has 3 aliphatic heterocycles. The Labute approximate surface area is 173 Å². The fraction of sp³-hybridized carbons (Fsp3) is 0.625. The number of aromatic nitrogens is 1. The van der Waals surface area contributed by atoms with E-state index >= 15 is 0 Å². The van der Waals surface area contributed by atoms with E-state index in [0.717, 1.165) is 46.6 Å². The lowest BCUT2D eigenvalue weighted by Gasteiger charge is -2.36. The molecule has 2 aromatic rings. The zero-order valence-corrected chi connectivity index (χ0v) is 17.9. The summed E-state index contributed by atoms with van der Waals surface area (Å²) in [6.07, 6.45) is 6.50. The number of nitrogens with zero attached hydrogens (tertiary/aromatic N) is 3. The van der Waals surface area contributed by atoms with Gasteiger partial charge < -0.3 is 19.3 Å². The Hall–Kier alpha value is -1.85. The van der Waals surface area contributed by atoms with Gasteiger partial charge in [-0.15, -0.1) is 0 Å². The third-order valence-corrected chi connectivity index (χ3v) is 7.34. The van der Waals surface area contributed by atoms with Gasteiger partial charge >= 0.3 is 0 Å². The number of rotatable bonds is 4. The maximum absolute atomic E-state index is 11.1. The Kier molecular flexibility index (Phi) is 4.91. The van der Waals surface area contributed by atoms with Crippen molar-refractivity contribution in [3.63, 3.8) is 0 Å². The molecule has 2 bridgehead atoms. The van der Waals surface area contributed by atoms with Gasteiger partial charge in [0, 0.05) is 23.5 Å². The highest BCUT2D eigenvalue weighted by atomic mass is 16.5. The Morgan fingerprint density at radius 1 is 1.21 bits per heavy atom. The highest BCUT2D eigenvalue weighted by molar-refractivity contribution is 6.14. The normalized spacial score (nSPS) is 27.7. The number of aromatic hydroxyl groups is 1. The fourth-order valence-corrected chi connectivity index (χ4v) is 5.92. The minimum absolute atomic E-state index is 0.187. The van der Waals surface area contributed by atoms with Crippen molar-refractivity contribution in [2.75, 3.05) is 26.8 Å². The monoisotopic (exact) mass is 395 g/mol. The average Bonchev–Trinajstić information content (AvgIpc) is 3.09. The molecular weight excluding hydrogens is 362 g/mol. The van der Waals surface area contributed by atoms with Crippen molar-refractivity contribution in [1.82, 2.24) is 9.47 Å². The molecule has 4 heterocycles. The molecule has 2 fully saturated rings. The summed E-state index contributed by atoms with van der Waals surface area (Å²) in [6, 6.07) is 8.51. The third-order valence-electron chi connectivity index (χ3n) is 7.34. The molecule has 1 aromatic carbocycles. The van der Waals surface area contributed by atoms with E-state index in [9.17, 15) is 5.11 Å². The van der Waals surface area contributed by atoms with E-state index < -0.39 is 0 Å². The lowest BCUT2D eigenvalue weighted by atomic mass is 9.86. The van der Waals surface area contributed by atoms with Gasteiger partial charge in [-0.1, -0.05) is 6.07 Å². The summed E-state index contributed by atoms with van der Waals surface area (Å²) in [7, 11) is 2.31. The van der Waals surface area contributed by atoms with Crippen molar-refractivity contribution in [3.8, 4) is 5.88 Å². The van der Waals surface area contributed by atoms with E-state index in [2.05, 4.69) is 49.0 Å². The molecule has 5 heteroatoms. The Morgan fingerprint density at radius 2 is 1.97 bits per heavy atom. The first kappa shape index (κ1) is 19.1. The summed E-state index contributed by atoms with van der Waals surface area (Å²) >= 11 is 0. The van der Waals surface area contributed by atoms with Gasteiger partial charge in [0.2, 0.25) is 5.88 Å². The van der Waals surface area contributed by atoms with Crippen molar-refractivity contribution >= 4 is 16.6 Å². The molecule has 156 valence electrons. The molecule has 0 saturated carbocycles. The molecule has 3 aliphatic rings. The van der Waals surface area contributed by atoms with Crippen LogP contribution in [0.2, 0.25) is 0 Å². The lowest BCUT2D eigenvalue weighted by molar-refractivity contribution is 0.134. The van der Waals surface area contributed by atoms with Gasteiger partial charge in [0.05, 0.1) is 36.6 Å². The summed E-state index contributed by atoms with van der Waals surface area (Å²) in [5.41, 5.74) is 4.23. The van der Waals surface area contributed by atoms with Gasteiger partial charge in [-0.2, -0.15) is 0 Å². The minimum Gasteiger partial charge on any atom is -0.494 e. The Morgan fingerprint density at radius 3 is 2.62 bits per heavy atom. The highest BCUT2D eigenvalue weighted by Crippen LogP contribution is 2.40. The first-order valence-corrected chi connectivity index (χ1v) is 11.2. The second-order valence-corrected chi connectivity index (χ2v) is 9.49. The summed E-state index contributed by atoms with van der Waals surface area (Å²) in [5.74, 6) is 1.09.